The van der Waals surface area contributed by atoms with Crippen molar-refractivity contribution in [1.82, 2.24) is 0 Å². The quantitative estimate of drug-likeness (QED) is 0.0261. The Kier molecular flexibility index (Phi) is 63.7. The van der Waals surface area contributed by atoms with Crippen LogP contribution in [0.15, 0.2) is 72.9 Å². The molecule has 452 valence electrons. The average Bonchev–Trinajstić information content (AvgIpc) is 3.44. The molecule has 0 bridgehead atoms. The van der Waals surface area contributed by atoms with Crippen LogP contribution >= 0.6 is 0 Å². The third kappa shape index (κ3) is 63.7. The zero-order valence-corrected chi connectivity index (χ0v) is 51.9. The molecular formula is C72H128O6. The normalized spacial score (nSPS) is 12.5. The molecule has 0 fully saturated rings. The summed E-state index contributed by atoms with van der Waals surface area (Å²) in [5.74, 6) is -0.970. The van der Waals surface area contributed by atoms with Gasteiger partial charge in [-0.2, -0.15) is 0 Å². The summed E-state index contributed by atoms with van der Waals surface area (Å²) in [6, 6.07) is 0. The first-order chi connectivity index (χ1) is 38.5. The number of allylic oxidation sites excluding steroid dienone is 12. The Morgan fingerprint density at radius 1 is 0.269 bits per heavy atom. The van der Waals surface area contributed by atoms with Crippen LogP contribution in [0.5, 0.6) is 0 Å². The first-order valence-corrected chi connectivity index (χ1v) is 33.9. The van der Waals surface area contributed by atoms with Gasteiger partial charge in [0.2, 0.25) is 0 Å². The van der Waals surface area contributed by atoms with Gasteiger partial charge in [0.15, 0.2) is 6.10 Å². The number of esters is 3. The predicted molar refractivity (Wildman–Crippen MR) is 339 cm³/mol. The molecule has 1 unspecified atom stereocenters. The summed E-state index contributed by atoms with van der Waals surface area (Å²) in [4.78, 5) is 38.2. The topological polar surface area (TPSA) is 78.9 Å². The first kappa shape index (κ1) is 74.8. The van der Waals surface area contributed by atoms with Crippen molar-refractivity contribution >= 4 is 17.9 Å². The van der Waals surface area contributed by atoms with Crippen LogP contribution in [0.25, 0.3) is 0 Å². The molecule has 0 amide bonds. The second-order valence-corrected chi connectivity index (χ2v) is 22.7. The van der Waals surface area contributed by atoms with Crippen molar-refractivity contribution in [2.75, 3.05) is 13.2 Å². The minimum absolute atomic E-state index is 0.101. The van der Waals surface area contributed by atoms with E-state index in [1.165, 1.54) is 225 Å². The second-order valence-electron chi connectivity index (χ2n) is 22.7. The molecule has 0 heterocycles. The molecule has 78 heavy (non-hydrogen) atoms. The van der Waals surface area contributed by atoms with Crippen LogP contribution in [-0.2, 0) is 28.6 Å². The summed E-state index contributed by atoms with van der Waals surface area (Å²) >= 11 is 0. The van der Waals surface area contributed by atoms with Crippen molar-refractivity contribution in [3.63, 3.8) is 0 Å². The maximum atomic E-state index is 12.9. The lowest BCUT2D eigenvalue weighted by molar-refractivity contribution is -0.166. The smallest absolute Gasteiger partial charge is 0.306 e. The van der Waals surface area contributed by atoms with Gasteiger partial charge in [-0.15, -0.1) is 0 Å². The number of unbranched alkanes of at least 4 members (excludes halogenated alkanes) is 39. The molecule has 0 saturated heterocycles. The van der Waals surface area contributed by atoms with Crippen LogP contribution in [-0.4, -0.2) is 37.2 Å². The number of hydrogen-bond acceptors (Lipinski definition) is 6. The Hall–Kier alpha value is -3.15. The van der Waals surface area contributed by atoms with Gasteiger partial charge in [0.25, 0.3) is 0 Å². The summed E-state index contributed by atoms with van der Waals surface area (Å²) in [5, 5.41) is 0. The fourth-order valence-corrected chi connectivity index (χ4v) is 9.94. The van der Waals surface area contributed by atoms with Crippen LogP contribution in [0.3, 0.4) is 0 Å². The van der Waals surface area contributed by atoms with Crippen LogP contribution in [0.4, 0.5) is 0 Å². The Morgan fingerprint density at radius 3 is 0.756 bits per heavy atom. The van der Waals surface area contributed by atoms with Gasteiger partial charge < -0.3 is 14.2 Å². The summed E-state index contributed by atoms with van der Waals surface area (Å²) < 4.78 is 16.8. The van der Waals surface area contributed by atoms with Gasteiger partial charge in [-0.05, 0) is 57.8 Å². The van der Waals surface area contributed by atoms with E-state index in [1.807, 2.05) is 6.08 Å². The third-order valence-electron chi connectivity index (χ3n) is 15.0. The van der Waals surface area contributed by atoms with Gasteiger partial charge in [0.1, 0.15) is 13.2 Å². The fraction of sp³-hybridized carbons (Fsp3) is 0.792. The zero-order valence-electron chi connectivity index (χ0n) is 51.9. The Balaban J connectivity index is 4.21. The molecule has 0 aliphatic carbocycles. The van der Waals surface area contributed by atoms with E-state index in [2.05, 4.69) is 87.6 Å². The SMILES string of the molecule is CC/C=C\C/C=C\C/C=C\C/C=C\C/C=C\C/C=C\CCC(=O)OC(COC(=O)CCCCCCCCCCCCC)COC(=O)CCCCCCCCCCCCCCCCCCCCCCCCCCCCCCCC. The molecule has 0 aliphatic rings. The van der Waals surface area contributed by atoms with Gasteiger partial charge in [-0.25, -0.2) is 0 Å². The largest absolute Gasteiger partial charge is 0.462 e. The number of rotatable bonds is 62. The molecule has 0 aromatic carbocycles. The lowest BCUT2D eigenvalue weighted by atomic mass is 10.0. The first-order valence-electron chi connectivity index (χ1n) is 33.9. The van der Waals surface area contributed by atoms with Crippen molar-refractivity contribution in [2.45, 2.75) is 354 Å². The second kappa shape index (κ2) is 66.4. The van der Waals surface area contributed by atoms with E-state index in [-0.39, 0.29) is 37.5 Å². The van der Waals surface area contributed by atoms with Crippen LogP contribution in [0, 0.1) is 0 Å². The van der Waals surface area contributed by atoms with Crippen molar-refractivity contribution in [2.24, 2.45) is 0 Å². The number of carbonyl (C=O) groups is 3. The molecule has 6 heteroatoms. The Bertz CT molecular complexity index is 1440. The maximum Gasteiger partial charge on any atom is 0.306 e. The zero-order chi connectivity index (χ0) is 56.4. The maximum absolute atomic E-state index is 12.9. The van der Waals surface area contributed by atoms with Gasteiger partial charge in [-0.1, -0.05) is 344 Å². The molecule has 0 spiro atoms. The number of ether oxygens (including phenoxy) is 3. The molecule has 6 nitrogen and oxygen atoms in total. The molecule has 0 aromatic rings. The van der Waals surface area contributed by atoms with Gasteiger partial charge in [0.05, 0.1) is 0 Å². The van der Waals surface area contributed by atoms with E-state index < -0.39 is 6.10 Å². The monoisotopic (exact) mass is 1090 g/mol. The fourth-order valence-electron chi connectivity index (χ4n) is 9.94. The van der Waals surface area contributed by atoms with Crippen molar-refractivity contribution in [3.8, 4) is 0 Å². The van der Waals surface area contributed by atoms with E-state index >= 15 is 0 Å². The number of carbonyl (C=O) groups excluding carboxylic acids is 3. The molecule has 1 atom stereocenters. The average molecular weight is 1090 g/mol. The van der Waals surface area contributed by atoms with E-state index in [1.54, 1.807) is 0 Å². The summed E-state index contributed by atoms with van der Waals surface area (Å²) in [6.45, 7) is 6.50. The van der Waals surface area contributed by atoms with Crippen molar-refractivity contribution in [3.05, 3.63) is 72.9 Å². The molecule has 0 rings (SSSR count). The highest BCUT2D eigenvalue weighted by Gasteiger charge is 2.19. The molecular weight excluding hydrogens is 961 g/mol. The van der Waals surface area contributed by atoms with Crippen LogP contribution in [0.1, 0.15) is 348 Å². The summed E-state index contributed by atoms with van der Waals surface area (Å²) in [5.41, 5.74) is 0. The molecule has 0 saturated carbocycles. The predicted octanol–water partition coefficient (Wildman–Crippen LogP) is 23.3. The summed E-state index contributed by atoms with van der Waals surface area (Å²) in [7, 11) is 0. The van der Waals surface area contributed by atoms with E-state index in [0.717, 1.165) is 77.0 Å². The van der Waals surface area contributed by atoms with Crippen LogP contribution in [0.2, 0.25) is 0 Å². The van der Waals surface area contributed by atoms with Gasteiger partial charge in [0, 0.05) is 19.3 Å². The van der Waals surface area contributed by atoms with Gasteiger partial charge in [-0.3, -0.25) is 14.4 Å². The minimum Gasteiger partial charge on any atom is -0.462 e. The summed E-state index contributed by atoms with van der Waals surface area (Å²) in [6.07, 6.45) is 86.7. The highest BCUT2D eigenvalue weighted by atomic mass is 16.6. The van der Waals surface area contributed by atoms with E-state index in [0.29, 0.717) is 19.3 Å². The lowest BCUT2D eigenvalue weighted by Crippen LogP contribution is -2.30. The van der Waals surface area contributed by atoms with Crippen molar-refractivity contribution < 1.29 is 28.6 Å². The standard InChI is InChI=1S/C72H128O6/c1-4-7-10-13-16-19-22-24-26-28-30-31-32-33-34-35-36-37-38-39-40-42-43-45-47-50-53-56-59-62-65-71(74)77-68-69(67-76-70(73)64-61-58-55-52-49-21-18-15-12-9-6-3)78-72(75)66-63-60-57-54-51-48-46-44-41-29-27-25-23-20-17-14-11-8-5-2/h8,11,17,20,25,27,41,44,48,51,57,60,69H,4-7,9-10,12-16,18-19,21-24,26,28-40,42-43,45-47,49-50,52-56,58-59,61-68H2,1-3H3/b11-8-,20-17-,27-25-,44-41-,51-48-,60-57-. The minimum atomic E-state index is -0.813. The van der Waals surface area contributed by atoms with E-state index in [4.69, 9.17) is 14.2 Å². The lowest BCUT2D eigenvalue weighted by Gasteiger charge is -2.18. The Morgan fingerprint density at radius 2 is 0.500 bits per heavy atom. The van der Waals surface area contributed by atoms with Gasteiger partial charge >= 0.3 is 17.9 Å². The molecule has 0 radical (unpaired) electrons. The highest BCUT2D eigenvalue weighted by molar-refractivity contribution is 5.71. The molecule has 0 aromatic heterocycles. The van der Waals surface area contributed by atoms with Crippen LogP contribution < -0.4 is 0 Å². The molecule has 0 N–H and O–H groups in total. The van der Waals surface area contributed by atoms with Crippen molar-refractivity contribution in [1.29, 1.82) is 0 Å². The van der Waals surface area contributed by atoms with E-state index in [9.17, 15) is 14.4 Å². The Labute approximate surface area is 484 Å². The third-order valence-corrected chi connectivity index (χ3v) is 15.0. The number of hydrogen-bond donors (Lipinski definition) is 0. The highest BCUT2D eigenvalue weighted by Crippen LogP contribution is 2.18. The molecule has 0 aliphatic heterocycles.